The highest BCUT2D eigenvalue weighted by Gasteiger charge is 2.26. The molecule has 118 valence electrons. The van der Waals surface area contributed by atoms with Crippen molar-refractivity contribution in [2.45, 2.75) is 103 Å². The molecule has 2 N–H and O–H groups in total. The second-order valence-electron chi connectivity index (χ2n) is 6.67. The average molecular weight is 281 g/mol. The predicted octanol–water partition coefficient (Wildman–Crippen LogP) is 4.99. The molecule has 0 aromatic carbocycles. The molecule has 0 bridgehead atoms. The summed E-state index contributed by atoms with van der Waals surface area (Å²) in [5, 5.41) is 0. The minimum atomic E-state index is 0.289. The van der Waals surface area contributed by atoms with E-state index in [-0.39, 0.29) is 6.04 Å². The first-order valence-electron chi connectivity index (χ1n) is 9.02. The van der Waals surface area contributed by atoms with Crippen molar-refractivity contribution >= 4 is 5.78 Å². The molecule has 0 radical (unpaired) electrons. The molecule has 2 unspecified atom stereocenters. The van der Waals surface area contributed by atoms with E-state index in [1.54, 1.807) is 0 Å². The van der Waals surface area contributed by atoms with Crippen molar-refractivity contribution in [3.63, 3.8) is 0 Å². The Hall–Kier alpha value is -0.370. The van der Waals surface area contributed by atoms with Gasteiger partial charge in [-0.1, -0.05) is 64.7 Å². The lowest BCUT2D eigenvalue weighted by molar-refractivity contribution is -0.122. The number of carbonyl (C=O) groups excluding carboxylic acids is 1. The maximum atomic E-state index is 12.0. The molecule has 0 amide bonds. The summed E-state index contributed by atoms with van der Waals surface area (Å²) in [6.07, 6.45) is 17.2. The normalized spacial score (nSPS) is 22.3. The van der Waals surface area contributed by atoms with Gasteiger partial charge in [-0.2, -0.15) is 0 Å². The maximum absolute atomic E-state index is 12.0. The predicted molar refractivity (Wildman–Crippen MR) is 86.8 cm³/mol. The third kappa shape index (κ3) is 8.04. The third-order valence-electron chi connectivity index (χ3n) is 4.71. The number of rotatable bonds is 12. The van der Waals surface area contributed by atoms with Crippen LogP contribution in [0.15, 0.2) is 0 Å². The number of hydrogen-bond acceptors (Lipinski definition) is 2. The van der Waals surface area contributed by atoms with E-state index in [4.69, 9.17) is 5.73 Å². The molecule has 0 saturated heterocycles. The van der Waals surface area contributed by atoms with E-state index < -0.39 is 0 Å². The SMILES string of the molecule is CCCCCCCCCCCCC(=O)C1CCC(N)C1. The maximum Gasteiger partial charge on any atom is 0.136 e. The second-order valence-corrected chi connectivity index (χ2v) is 6.67. The highest BCUT2D eigenvalue weighted by atomic mass is 16.1. The van der Waals surface area contributed by atoms with Crippen LogP contribution in [0, 0.1) is 5.92 Å². The standard InChI is InChI=1S/C18H35NO/c1-2-3-4-5-6-7-8-9-10-11-12-18(20)16-13-14-17(19)15-16/h16-17H,2-15,19H2,1H3. The van der Waals surface area contributed by atoms with Crippen molar-refractivity contribution < 1.29 is 4.79 Å². The minimum absolute atomic E-state index is 0.289. The fraction of sp³-hybridized carbons (Fsp3) is 0.944. The molecule has 0 aromatic heterocycles. The van der Waals surface area contributed by atoms with Gasteiger partial charge in [0.05, 0.1) is 0 Å². The number of unbranched alkanes of at least 4 members (excludes halogenated alkanes) is 9. The largest absolute Gasteiger partial charge is 0.328 e. The zero-order chi connectivity index (χ0) is 14.6. The van der Waals surface area contributed by atoms with Crippen LogP contribution in [0.1, 0.15) is 96.8 Å². The van der Waals surface area contributed by atoms with Gasteiger partial charge in [0.25, 0.3) is 0 Å². The smallest absolute Gasteiger partial charge is 0.136 e. The fourth-order valence-corrected chi connectivity index (χ4v) is 3.30. The van der Waals surface area contributed by atoms with Gasteiger partial charge < -0.3 is 5.73 Å². The van der Waals surface area contributed by atoms with Gasteiger partial charge in [-0.3, -0.25) is 4.79 Å². The van der Waals surface area contributed by atoms with E-state index in [1.807, 2.05) is 0 Å². The molecule has 0 aliphatic heterocycles. The molecule has 0 aromatic rings. The van der Waals surface area contributed by atoms with Gasteiger partial charge in [0.1, 0.15) is 5.78 Å². The second kappa shape index (κ2) is 11.3. The van der Waals surface area contributed by atoms with Crippen molar-refractivity contribution in [2.24, 2.45) is 11.7 Å². The van der Waals surface area contributed by atoms with Gasteiger partial charge in [0.2, 0.25) is 0 Å². The Morgan fingerprint density at radius 2 is 1.45 bits per heavy atom. The lowest BCUT2D eigenvalue weighted by Gasteiger charge is -2.08. The number of Topliss-reactive ketones (excluding diaryl/α,β-unsaturated/α-hetero) is 1. The van der Waals surface area contributed by atoms with Crippen molar-refractivity contribution in [2.75, 3.05) is 0 Å². The van der Waals surface area contributed by atoms with Crippen LogP contribution in [0.5, 0.6) is 0 Å². The summed E-state index contributed by atoms with van der Waals surface area (Å²) < 4.78 is 0. The molecule has 0 spiro atoms. The molecule has 2 heteroatoms. The Bertz CT molecular complexity index is 252. The van der Waals surface area contributed by atoms with Crippen molar-refractivity contribution in [1.82, 2.24) is 0 Å². The molecule has 2 nitrogen and oxygen atoms in total. The average Bonchev–Trinajstić information content (AvgIpc) is 2.87. The van der Waals surface area contributed by atoms with E-state index in [1.165, 1.54) is 57.8 Å². The number of ketones is 1. The summed E-state index contributed by atoms with van der Waals surface area (Å²) in [5.74, 6) is 0.779. The summed E-state index contributed by atoms with van der Waals surface area (Å²) in [4.78, 5) is 12.0. The molecule has 1 saturated carbocycles. The monoisotopic (exact) mass is 281 g/mol. The first kappa shape index (κ1) is 17.7. The molecular weight excluding hydrogens is 246 g/mol. The zero-order valence-electron chi connectivity index (χ0n) is 13.5. The first-order chi connectivity index (χ1) is 9.74. The molecular formula is C18H35NO. The third-order valence-corrected chi connectivity index (χ3v) is 4.71. The van der Waals surface area contributed by atoms with E-state index in [2.05, 4.69) is 6.92 Å². The van der Waals surface area contributed by atoms with E-state index in [9.17, 15) is 4.79 Å². The molecule has 1 rings (SSSR count). The Morgan fingerprint density at radius 1 is 0.900 bits per heavy atom. The molecule has 2 atom stereocenters. The van der Waals surface area contributed by atoms with Gasteiger partial charge in [-0.05, 0) is 25.7 Å². The fourth-order valence-electron chi connectivity index (χ4n) is 3.30. The Balaban J connectivity index is 1.83. The van der Waals surface area contributed by atoms with Gasteiger partial charge in [0, 0.05) is 18.4 Å². The molecule has 20 heavy (non-hydrogen) atoms. The topological polar surface area (TPSA) is 43.1 Å². The van der Waals surface area contributed by atoms with Gasteiger partial charge >= 0.3 is 0 Å². The molecule has 0 heterocycles. The van der Waals surface area contributed by atoms with Crippen LogP contribution in [0.3, 0.4) is 0 Å². The Kier molecular flexibility index (Phi) is 10.00. The summed E-state index contributed by atoms with van der Waals surface area (Å²) in [6.45, 7) is 2.26. The highest BCUT2D eigenvalue weighted by molar-refractivity contribution is 5.81. The van der Waals surface area contributed by atoms with Gasteiger partial charge in [-0.25, -0.2) is 0 Å². The van der Waals surface area contributed by atoms with Crippen LogP contribution in [-0.2, 0) is 4.79 Å². The zero-order valence-corrected chi connectivity index (χ0v) is 13.5. The first-order valence-corrected chi connectivity index (χ1v) is 9.02. The Labute approximate surface area is 125 Å². The van der Waals surface area contributed by atoms with Gasteiger partial charge in [0.15, 0.2) is 0 Å². The van der Waals surface area contributed by atoms with Crippen LogP contribution in [-0.4, -0.2) is 11.8 Å². The van der Waals surface area contributed by atoms with Gasteiger partial charge in [-0.15, -0.1) is 0 Å². The van der Waals surface area contributed by atoms with E-state index in [0.717, 1.165) is 32.1 Å². The van der Waals surface area contributed by atoms with Crippen LogP contribution < -0.4 is 5.73 Å². The van der Waals surface area contributed by atoms with Crippen molar-refractivity contribution in [3.8, 4) is 0 Å². The summed E-state index contributed by atoms with van der Waals surface area (Å²) in [6, 6.07) is 0.289. The Morgan fingerprint density at radius 3 is 1.95 bits per heavy atom. The number of nitrogens with two attached hydrogens (primary N) is 1. The van der Waals surface area contributed by atoms with Crippen LogP contribution in [0.2, 0.25) is 0 Å². The number of hydrogen-bond donors (Lipinski definition) is 1. The van der Waals surface area contributed by atoms with E-state index >= 15 is 0 Å². The summed E-state index contributed by atoms with van der Waals surface area (Å²) in [5.41, 5.74) is 5.86. The van der Waals surface area contributed by atoms with Crippen LogP contribution in [0.4, 0.5) is 0 Å². The van der Waals surface area contributed by atoms with Crippen LogP contribution in [0.25, 0.3) is 0 Å². The summed E-state index contributed by atoms with van der Waals surface area (Å²) >= 11 is 0. The van der Waals surface area contributed by atoms with E-state index in [0.29, 0.717) is 11.7 Å². The minimum Gasteiger partial charge on any atom is -0.328 e. The lowest BCUT2D eigenvalue weighted by atomic mass is 9.97. The summed E-state index contributed by atoms with van der Waals surface area (Å²) in [7, 11) is 0. The number of carbonyl (C=O) groups is 1. The quantitative estimate of drug-likeness (QED) is 0.512. The highest BCUT2D eigenvalue weighted by Crippen LogP contribution is 2.26. The van der Waals surface area contributed by atoms with Crippen molar-refractivity contribution in [3.05, 3.63) is 0 Å². The van der Waals surface area contributed by atoms with Crippen molar-refractivity contribution in [1.29, 1.82) is 0 Å². The van der Waals surface area contributed by atoms with Crippen LogP contribution >= 0.6 is 0 Å². The molecule has 1 fully saturated rings. The molecule has 1 aliphatic rings. The molecule has 1 aliphatic carbocycles. The lowest BCUT2D eigenvalue weighted by Crippen LogP contribution is -2.17.